The van der Waals surface area contributed by atoms with Crippen LogP contribution in [-0.4, -0.2) is 73.0 Å². The second-order valence-electron chi connectivity index (χ2n) is 11.3. The number of piperidine rings is 1. The summed E-state index contributed by atoms with van der Waals surface area (Å²) in [5.41, 5.74) is 2.78. The lowest BCUT2D eigenvalue weighted by Gasteiger charge is -2.32. The van der Waals surface area contributed by atoms with Crippen molar-refractivity contribution in [2.45, 2.75) is 45.1 Å². The van der Waals surface area contributed by atoms with E-state index in [0.29, 0.717) is 33.7 Å². The van der Waals surface area contributed by atoms with E-state index < -0.39 is 0 Å². The number of hydrogen-bond acceptors (Lipinski definition) is 8. The van der Waals surface area contributed by atoms with Crippen LogP contribution in [0, 0.1) is 5.92 Å². The van der Waals surface area contributed by atoms with E-state index in [-0.39, 0.29) is 6.23 Å². The summed E-state index contributed by atoms with van der Waals surface area (Å²) in [5.74, 6) is 2.84. The number of nitrogens with zero attached hydrogens (tertiary/aromatic N) is 4. The molecule has 2 unspecified atom stereocenters. The molecule has 8 nitrogen and oxygen atoms in total. The molecular formula is C31H38Cl2N6O2. The highest BCUT2D eigenvalue weighted by atomic mass is 35.5. The number of nitrogens with one attached hydrogen (secondary N) is 2. The Kier molecular flexibility index (Phi) is 9.25. The number of rotatable bonds is 9. The van der Waals surface area contributed by atoms with Gasteiger partial charge in [0.15, 0.2) is 0 Å². The average Bonchev–Trinajstić information content (AvgIpc) is 3.74. The van der Waals surface area contributed by atoms with Crippen molar-refractivity contribution in [3.63, 3.8) is 0 Å². The third-order valence-electron chi connectivity index (χ3n) is 8.06. The maximum Gasteiger partial charge on any atom is 0.220 e. The predicted octanol–water partition coefficient (Wildman–Crippen LogP) is 5.59. The van der Waals surface area contributed by atoms with E-state index in [4.69, 9.17) is 42.6 Å². The van der Waals surface area contributed by atoms with Crippen LogP contribution in [0.5, 0.6) is 11.6 Å². The Morgan fingerprint density at radius 2 is 1.83 bits per heavy atom. The zero-order valence-electron chi connectivity index (χ0n) is 23.5. The number of halogens is 2. The Labute approximate surface area is 252 Å². The number of pyridine rings is 2. The molecule has 3 saturated heterocycles. The van der Waals surface area contributed by atoms with Gasteiger partial charge in [-0.15, -0.1) is 0 Å². The molecule has 2 atom stereocenters. The van der Waals surface area contributed by atoms with Crippen LogP contribution in [0.25, 0.3) is 11.3 Å². The fraction of sp³-hybridized carbons (Fsp3) is 0.484. The maximum atomic E-state index is 6.34. The van der Waals surface area contributed by atoms with Crippen molar-refractivity contribution in [2.24, 2.45) is 5.92 Å². The van der Waals surface area contributed by atoms with Gasteiger partial charge in [-0.1, -0.05) is 23.2 Å². The van der Waals surface area contributed by atoms with Crippen LogP contribution in [0.4, 0.5) is 5.82 Å². The summed E-state index contributed by atoms with van der Waals surface area (Å²) in [5, 5.41) is 8.12. The lowest BCUT2D eigenvalue weighted by atomic mass is 9.96. The highest BCUT2D eigenvalue weighted by Gasteiger charge is 2.34. The first-order valence-corrected chi connectivity index (χ1v) is 15.4. The van der Waals surface area contributed by atoms with Gasteiger partial charge in [0.2, 0.25) is 5.88 Å². The zero-order chi connectivity index (χ0) is 28.2. The molecule has 3 aromatic rings. The summed E-state index contributed by atoms with van der Waals surface area (Å²) in [4.78, 5) is 14.3. The van der Waals surface area contributed by atoms with Crippen LogP contribution in [0.3, 0.4) is 0 Å². The summed E-state index contributed by atoms with van der Waals surface area (Å²) in [6.07, 6.45) is 5.84. The SMILES string of the molecule is CC1OC1NCC1CCN(Cc2cc(Oc3ccc(N4CCCNCC4)nc3)nc(-c3cc(Cl)cc(Cl)c3)c2)CC1. The Hall–Kier alpha value is -2.46. The van der Waals surface area contributed by atoms with Crippen molar-refractivity contribution in [1.82, 2.24) is 25.5 Å². The molecule has 0 amide bonds. The van der Waals surface area contributed by atoms with Crippen molar-refractivity contribution in [3.8, 4) is 22.9 Å². The van der Waals surface area contributed by atoms with Crippen molar-refractivity contribution >= 4 is 29.0 Å². The van der Waals surface area contributed by atoms with Gasteiger partial charge in [0, 0.05) is 54.4 Å². The Balaban J connectivity index is 1.16. The monoisotopic (exact) mass is 596 g/mol. The van der Waals surface area contributed by atoms with Gasteiger partial charge in [-0.25, -0.2) is 9.97 Å². The maximum absolute atomic E-state index is 6.34. The van der Waals surface area contributed by atoms with Crippen LogP contribution < -0.4 is 20.3 Å². The number of ether oxygens (including phenoxy) is 2. The third kappa shape index (κ3) is 7.89. The first-order chi connectivity index (χ1) is 20.0. The number of epoxide rings is 1. The second kappa shape index (κ2) is 13.2. The highest BCUT2D eigenvalue weighted by Crippen LogP contribution is 2.31. The van der Waals surface area contributed by atoms with E-state index in [0.717, 1.165) is 81.4 Å². The van der Waals surface area contributed by atoms with Crippen LogP contribution in [0.15, 0.2) is 48.7 Å². The minimum absolute atomic E-state index is 0.250. The number of likely N-dealkylation sites (tertiary alicyclic amines) is 1. The summed E-state index contributed by atoms with van der Waals surface area (Å²) < 4.78 is 11.8. The van der Waals surface area contributed by atoms with Gasteiger partial charge in [-0.2, -0.15) is 0 Å². The fourth-order valence-corrected chi connectivity index (χ4v) is 6.18. The van der Waals surface area contributed by atoms with E-state index in [1.165, 1.54) is 12.8 Å². The normalized spacial score (nSPS) is 22.0. The van der Waals surface area contributed by atoms with Crippen LogP contribution in [0.2, 0.25) is 10.0 Å². The van der Waals surface area contributed by atoms with Crippen molar-refractivity contribution in [1.29, 1.82) is 0 Å². The molecule has 0 aliphatic carbocycles. The van der Waals surface area contributed by atoms with Crippen LogP contribution in [0.1, 0.15) is 31.7 Å². The highest BCUT2D eigenvalue weighted by molar-refractivity contribution is 6.35. The molecule has 3 fully saturated rings. The first kappa shape index (κ1) is 28.6. The van der Waals surface area contributed by atoms with E-state index in [1.54, 1.807) is 12.3 Å². The lowest BCUT2D eigenvalue weighted by molar-refractivity contribution is 0.172. The smallest absolute Gasteiger partial charge is 0.220 e. The molecule has 218 valence electrons. The molecule has 0 spiro atoms. The quantitative estimate of drug-likeness (QED) is 0.310. The molecule has 2 N–H and O–H groups in total. The Morgan fingerprint density at radius 1 is 1.02 bits per heavy atom. The van der Waals surface area contributed by atoms with Crippen molar-refractivity contribution in [2.75, 3.05) is 50.7 Å². The molecule has 10 heteroatoms. The summed E-state index contributed by atoms with van der Waals surface area (Å²) in [6.45, 7) is 10.0. The van der Waals surface area contributed by atoms with Gasteiger partial charge < -0.3 is 19.7 Å². The molecule has 0 bridgehead atoms. The molecule has 3 aliphatic rings. The molecule has 1 aromatic carbocycles. The second-order valence-corrected chi connectivity index (χ2v) is 12.2. The largest absolute Gasteiger partial charge is 0.437 e. The van der Waals surface area contributed by atoms with Crippen molar-refractivity contribution in [3.05, 3.63) is 64.3 Å². The molecule has 6 rings (SSSR count). The number of anilines is 1. The summed E-state index contributed by atoms with van der Waals surface area (Å²) >= 11 is 12.7. The topological polar surface area (TPSA) is 78.1 Å². The van der Waals surface area contributed by atoms with E-state index in [1.807, 2.05) is 30.3 Å². The summed E-state index contributed by atoms with van der Waals surface area (Å²) in [7, 11) is 0. The molecule has 0 radical (unpaired) electrons. The van der Waals surface area contributed by atoms with Crippen molar-refractivity contribution < 1.29 is 9.47 Å². The third-order valence-corrected chi connectivity index (χ3v) is 8.50. The van der Waals surface area contributed by atoms with Gasteiger partial charge in [0.05, 0.1) is 18.0 Å². The van der Waals surface area contributed by atoms with Gasteiger partial charge in [0.1, 0.15) is 17.8 Å². The summed E-state index contributed by atoms with van der Waals surface area (Å²) in [6, 6.07) is 13.6. The lowest BCUT2D eigenvalue weighted by Crippen LogP contribution is -2.37. The molecule has 5 heterocycles. The standard InChI is InChI=1S/C31H38Cl2N6O2/c1-21-31(40-21)36-18-22-5-10-38(11-6-22)20-23-13-28(24-15-25(32)17-26(33)16-24)37-30(14-23)41-27-3-4-29(35-19-27)39-9-2-7-34-8-12-39/h3-4,13-17,19,21-22,31,34,36H,2,5-12,18,20H2,1H3. The average molecular weight is 598 g/mol. The van der Waals surface area contributed by atoms with Gasteiger partial charge in [0.25, 0.3) is 0 Å². The van der Waals surface area contributed by atoms with E-state index in [2.05, 4.69) is 33.4 Å². The molecule has 3 aliphatic heterocycles. The molecule has 2 aromatic heterocycles. The predicted molar refractivity (Wildman–Crippen MR) is 164 cm³/mol. The van der Waals surface area contributed by atoms with Gasteiger partial charge in [-0.05, 0) is 93.7 Å². The number of hydrogen-bond donors (Lipinski definition) is 2. The molecule has 0 saturated carbocycles. The minimum Gasteiger partial charge on any atom is -0.437 e. The van der Waals surface area contributed by atoms with E-state index in [9.17, 15) is 0 Å². The first-order valence-electron chi connectivity index (χ1n) is 14.7. The molecule has 41 heavy (non-hydrogen) atoms. The number of benzene rings is 1. The van der Waals surface area contributed by atoms with Crippen LogP contribution >= 0.6 is 23.2 Å². The molecular weight excluding hydrogens is 559 g/mol. The van der Waals surface area contributed by atoms with Crippen LogP contribution in [-0.2, 0) is 11.3 Å². The Morgan fingerprint density at radius 3 is 2.56 bits per heavy atom. The van der Waals surface area contributed by atoms with Gasteiger partial charge >= 0.3 is 0 Å². The fourth-order valence-electron chi connectivity index (χ4n) is 5.66. The zero-order valence-corrected chi connectivity index (χ0v) is 25.0. The number of aromatic nitrogens is 2. The van der Waals surface area contributed by atoms with Gasteiger partial charge in [-0.3, -0.25) is 10.2 Å². The minimum atomic E-state index is 0.250. The Bertz CT molecular complexity index is 1290. The van der Waals surface area contributed by atoms with E-state index >= 15 is 0 Å².